The number of allylic oxidation sites excluding steroid dienone is 2. The normalized spacial score (nSPS) is 22.0. The summed E-state index contributed by atoms with van der Waals surface area (Å²) in [6.07, 6.45) is 0.166. The van der Waals surface area contributed by atoms with Gasteiger partial charge in [0.15, 0.2) is 5.83 Å². The number of nitrogens with zero attached hydrogens (tertiary/aromatic N) is 1. The SMILES string of the molecule is Cc1c(C2=C(F)C(F)(F)C(F)(F)C2(F)F)cc(NC=O)n1C. The maximum atomic E-state index is 13.7. The average Bonchev–Trinajstić information content (AvgIpc) is 2.71. The largest absolute Gasteiger partial charge is 0.383 e. The molecule has 1 aliphatic rings. The smallest absolute Gasteiger partial charge is 0.334 e. The number of halogens is 7. The van der Waals surface area contributed by atoms with E-state index in [2.05, 4.69) is 5.32 Å². The Morgan fingerprint density at radius 1 is 1.14 bits per heavy atom. The number of carbonyl (C=O) groups excluding carboxylic acids is 1. The minimum absolute atomic E-state index is 0.142. The third kappa shape index (κ3) is 1.72. The van der Waals surface area contributed by atoms with Gasteiger partial charge in [0.1, 0.15) is 5.82 Å². The van der Waals surface area contributed by atoms with Gasteiger partial charge in [0.05, 0.1) is 5.57 Å². The first-order chi connectivity index (χ1) is 9.91. The molecular weight excluding hydrogens is 321 g/mol. The summed E-state index contributed by atoms with van der Waals surface area (Å²) in [5.74, 6) is -19.9. The topological polar surface area (TPSA) is 34.0 Å². The summed E-state index contributed by atoms with van der Waals surface area (Å²) in [5, 5.41) is 2.06. The van der Waals surface area contributed by atoms with Gasteiger partial charge >= 0.3 is 17.8 Å². The van der Waals surface area contributed by atoms with Gasteiger partial charge in [-0.3, -0.25) is 4.79 Å². The lowest BCUT2D eigenvalue weighted by Crippen LogP contribution is -2.48. The van der Waals surface area contributed by atoms with E-state index < -0.39 is 34.7 Å². The highest BCUT2D eigenvalue weighted by atomic mass is 19.3. The van der Waals surface area contributed by atoms with Crippen molar-refractivity contribution < 1.29 is 35.5 Å². The van der Waals surface area contributed by atoms with Crippen LogP contribution in [0.2, 0.25) is 0 Å². The highest BCUT2D eigenvalue weighted by Gasteiger charge is 2.81. The van der Waals surface area contributed by atoms with Gasteiger partial charge in [0, 0.05) is 18.3 Å². The van der Waals surface area contributed by atoms with E-state index in [-0.39, 0.29) is 17.9 Å². The van der Waals surface area contributed by atoms with E-state index in [0.29, 0.717) is 0 Å². The summed E-state index contributed by atoms with van der Waals surface area (Å²) in [4.78, 5) is 10.4. The zero-order valence-corrected chi connectivity index (χ0v) is 11.2. The van der Waals surface area contributed by atoms with Gasteiger partial charge < -0.3 is 9.88 Å². The molecule has 1 aromatic heterocycles. The van der Waals surface area contributed by atoms with Crippen LogP contribution in [0.4, 0.5) is 36.6 Å². The van der Waals surface area contributed by atoms with Crippen molar-refractivity contribution in [3.63, 3.8) is 0 Å². The first kappa shape index (κ1) is 16.4. The van der Waals surface area contributed by atoms with Crippen LogP contribution in [0.1, 0.15) is 11.3 Å². The molecule has 0 bridgehead atoms. The summed E-state index contributed by atoms with van der Waals surface area (Å²) in [6.45, 7) is 1.14. The Kier molecular flexibility index (Phi) is 3.35. The number of carbonyl (C=O) groups is 1. The zero-order chi connectivity index (χ0) is 17.1. The number of rotatable bonds is 3. The van der Waals surface area contributed by atoms with Gasteiger partial charge in [0.25, 0.3) is 0 Å². The minimum Gasteiger partial charge on any atom is -0.334 e. The molecule has 10 heteroatoms. The van der Waals surface area contributed by atoms with Crippen molar-refractivity contribution in [3.05, 3.63) is 23.2 Å². The second kappa shape index (κ2) is 4.50. The Hall–Kier alpha value is -2.00. The van der Waals surface area contributed by atoms with Gasteiger partial charge in [0.2, 0.25) is 6.41 Å². The molecule has 1 aliphatic carbocycles. The number of hydrogen-bond donors (Lipinski definition) is 1. The highest BCUT2D eigenvalue weighted by molar-refractivity contribution is 5.83. The molecule has 1 N–H and O–H groups in total. The molecule has 1 heterocycles. The Morgan fingerprint density at radius 2 is 1.68 bits per heavy atom. The van der Waals surface area contributed by atoms with Crippen LogP contribution in [-0.2, 0) is 11.8 Å². The van der Waals surface area contributed by atoms with E-state index in [1.54, 1.807) is 0 Å². The Bertz CT molecular complexity index is 675. The van der Waals surface area contributed by atoms with Gasteiger partial charge in [-0.05, 0) is 13.0 Å². The number of nitrogens with one attached hydrogen (secondary N) is 1. The van der Waals surface area contributed by atoms with E-state index in [0.717, 1.165) is 17.6 Å². The first-order valence-electron chi connectivity index (χ1n) is 5.82. The monoisotopic (exact) mass is 330 g/mol. The molecule has 0 saturated carbocycles. The van der Waals surface area contributed by atoms with Crippen molar-refractivity contribution in [1.29, 1.82) is 0 Å². The van der Waals surface area contributed by atoms with Crippen LogP contribution in [0.15, 0.2) is 11.9 Å². The predicted octanol–water partition coefficient (Wildman–Crippen LogP) is 3.50. The highest BCUT2D eigenvalue weighted by Crippen LogP contribution is 2.62. The molecule has 0 atom stereocenters. The molecule has 0 spiro atoms. The van der Waals surface area contributed by atoms with Gasteiger partial charge in [-0.1, -0.05) is 0 Å². The minimum atomic E-state index is -5.89. The van der Waals surface area contributed by atoms with Gasteiger partial charge in [-0.25, -0.2) is 4.39 Å². The molecule has 3 nitrogen and oxygen atoms in total. The molecule has 0 aliphatic heterocycles. The Balaban J connectivity index is 2.74. The summed E-state index contributed by atoms with van der Waals surface area (Å²) >= 11 is 0. The molecule has 0 radical (unpaired) electrons. The van der Waals surface area contributed by atoms with Crippen LogP contribution in [0.5, 0.6) is 0 Å². The van der Waals surface area contributed by atoms with Crippen LogP contribution in [0, 0.1) is 6.92 Å². The fraction of sp³-hybridized carbons (Fsp3) is 0.417. The number of amides is 1. The zero-order valence-electron chi connectivity index (χ0n) is 11.2. The molecule has 1 aromatic rings. The molecular formula is C12H9F7N2O. The number of anilines is 1. The van der Waals surface area contributed by atoms with E-state index in [1.165, 1.54) is 7.05 Å². The maximum absolute atomic E-state index is 13.7. The molecule has 0 unspecified atom stereocenters. The lowest BCUT2D eigenvalue weighted by molar-refractivity contribution is -0.263. The second-order valence-electron chi connectivity index (χ2n) is 4.76. The van der Waals surface area contributed by atoms with E-state index in [9.17, 15) is 35.5 Å². The van der Waals surface area contributed by atoms with Crippen LogP contribution in [-0.4, -0.2) is 28.7 Å². The van der Waals surface area contributed by atoms with E-state index in [4.69, 9.17) is 0 Å². The standard InChI is InChI=1S/C12H9F7N2O/c1-5-6(3-7(20-4-22)21(5)2)8-9(13)11(16,17)12(18,19)10(8,14)15/h3-4H,1-2H3,(H,20,22). The lowest BCUT2D eigenvalue weighted by Gasteiger charge is -2.24. The Labute approximate surface area is 119 Å². The number of aromatic nitrogens is 1. The Morgan fingerprint density at radius 3 is 2.09 bits per heavy atom. The summed E-state index contributed by atoms with van der Waals surface area (Å²) in [5.41, 5.74) is -3.09. The molecule has 0 saturated heterocycles. The van der Waals surface area contributed by atoms with Crippen LogP contribution in [0.3, 0.4) is 0 Å². The summed E-state index contributed by atoms with van der Waals surface area (Å²) in [6, 6.07) is 0.726. The van der Waals surface area contributed by atoms with Crippen LogP contribution < -0.4 is 5.32 Å². The first-order valence-corrected chi connectivity index (χ1v) is 5.82. The van der Waals surface area contributed by atoms with Crippen LogP contribution in [0.25, 0.3) is 5.57 Å². The summed E-state index contributed by atoms with van der Waals surface area (Å²) in [7, 11) is 1.26. The molecule has 1 amide bonds. The molecule has 2 rings (SSSR count). The predicted molar refractivity (Wildman–Crippen MR) is 62.7 cm³/mol. The van der Waals surface area contributed by atoms with Crippen molar-refractivity contribution in [3.8, 4) is 0 Å². The third-order valence-corrected chi connectivity index (χ3v) is 3.61. The van der Waals surface area contributed by atoms with Crippen molar-refractivity contribution in [2.45, 2.75) is 24.7 Å². The quantitative estimate of drug-likeness (QED) is 0.668. The maximum Gasteiger partial charge on any atom is 0.383 e. The molecule has 122 valence electrons. The molecule has 22 heavy (non-hydrogen) atoms. The second-order valence-corrected chi connectivity index (χ2v) is 4.76. The van der Waals surface area contributed by atoms with E-state index in [1.807, 2.05) is 0 Å². The average molecular weight is 330 g/mol. The fourth-order valence-electron chi connectivity index (χ4n) is 2.23. The molecule has 0 aromatic carbocycles. The van der Waals surface area contributed by atoms with Crippen molar-refractivity contribution in [2.24, 2.45) is 7.05 Å². The summed E-state index contributed by atoms with van der Waals surface area (Å²) < 4.78 is 94.9. The van der Waals surface area contributed by atoms with Crippen molar-refractivity contribution >= 4 is 17.8 Å². The molecule has 0 fully saturated rings. The fourth-order valence-corrected chi connectivity index (χ4v) is 2.23. The van der Waals surface area contributed by atoms with Crippen molar-refractivity contribution in [2.75, 3.05) is 5.32 Å². The van der Waals surface area contributed by atoms with E-state index >= 15 is 0 Å². The lowest BCUT2D eigenvalue weighted by atomic mass is 10.0. The van der Waals surface area contributed by atoms with Crippen molar-refractivity contribution in [1.82, 2.24) is 4.57 Å². The number of alkyl halides is 6. The van der Waals surface area contributed by atoms with Gasteiger partial charge in [-0.2, -0.15) is 26.3 Å². The number of hydrogen-bond acceptors (Lipinski definition) is 1. The third-order valence-electron chi connectivity index (χ3n) is 3.61. The van der Waals surface area contributed by atoms with Crippen LogP contribution >= 0.6 is 0 Å². The van der Waals surface area contributed by atoms with Gasteiger partial charge in [-0.15, -0.1) is 0 Å².